The molecule has 0 atom stereocenters. The summed E-state index contributed by atoms with van der Waals surface area (Å²) in [5.41, 5.74) is 0. The molecule has 0 spiro atoms. The zero-order chi connectivity index (χ0) is 13.9. The second kappa shape index (κ2) is 22.2. The fraction of sp³-hybridized carbons (Fsp3) is 1.00. The summed E-state index contributed by atoms with van der Waals surface area (Å²) in [4.78, 5) is 0. The molecule has 0 radical (unpaired) electrons. The maximum absolute atomic E-state index is 2.23. The lowest BCUT2D eigenvalue weighted by Gasteiger charge is -2.05. The first kappa shape index (κ1) is 20.3. The Bertz CT molecular complexity index is 75.1. The lowest BCUT2D eigenvalue weighted by atomic mass is 10.0. The van der Waals surface area contributed by atoms with Crippen LogP contribution in [0.25, 0.3) is 0 Å². The van der Waals surface area contributed by atoms with E-state index in [1.54, 1.807) is 0 Å². The van der Waals surface area contributed by atoms with Crippen LogP contribution in [0, 0.1) is 0 Å². The van der Waals surface area contributed by atoms with Crippen molar-refractivity contribution in [1.82, 2.24) is 0 Å². The van der Waals surface area contributed by atoms with Crippen molar-refractivity contribution < 1.29 is 0 Å². The van der Waals surface area contributed by atoms with E-state index >= 15 is 0 Å². The van der Waals surface area contributed by atoms with Crippen molar-refractivity contribution in [3.05, 3.63) is 0 Å². The zero-order valence-electron chi connectivity index (χ0n) is 13.9. The molecule has 0 nitrogen and oxygen atoms in total. The highest BCUT2D eigenvalue weighted by atomic mass is 14.0. The van der Waals surface area contributed by atoms with Gasteiger partial charge in [-0.3, -0.25) is 0 Å². The number of hydrogen-bond acceptors (Lipinski definition) is 0. The van der Waals surface area contributed by atoms with E-state index in [0.29, 0.717) is 0 Å². The molecule has 0 heteroatoms. The standard InChI is InChI=1S/C6H12.2C6H14/c1-2-4-6-5-3-1;2*1-3-5-6-4-2/h1-6H2;2*3-6H2,1-2H3. The summed E-state index contributed by atoms with van der Waals surface area (Å²) in [6.07, 6.45) is 20.1. The van der Waals surface area contributed by atoms with Gasteiger partial charge in [0.05, 0.1) is 0 Å². The summed E-state index contributed by atoms with van der Waals surface area (Å²) in [6, 6.07) is 0. The van der Waals surface area contributed by atoms with Crippen LogP contribution >= 0.6 is 0 Å². The lowest BCUT2D eigenvalue weighted by molar-refractivity contribution is 0.504. The topological polar surface area (TPSA) is 0 Å². The molecule has 18 heavy (non-hydrogen) atoms. The van der Waals surface area contributed by atoms with E-state index in [9.17, 15) is 0 Å². The predicted octanol–water partition coefficient (Wildman–Crippen LogP) is 7.51. The van der Waals surface area contributed by atoms with Crippen LogP contribution in [0.1, 0.15) is 118 Å². The van der Waals surface area contributed by atoms with Gasteiger partial charge >= 0.3 is 0 Å². The summed E-state index contributed by atoms with van der Waals surface area (Å²) in [7, 11) is 0. The van der Waals surface area contributed by atoms with Gasteiger partial charge in [-0.1, -0.05) is 118 Å². The summed E-state index contributed by atoms with van der Waals surface area (Å²) >= 11 is 0. The predicted molar refractivity (Wildman–Crippen MR) is 87.3 cm³/mol. The highest BCUT2D eigenvalue weighted by Gasteiger charge is 1.95. The van der Waals surface area contributed by atoms with E-state index in [0.717, 1.165) is 0 Å². The van der Waals surface area contributed by atoms with Crippen LogP contribution in [0.5, 0.6) is 0 Å². The molecular formula is C18H40. The summed E-state index contributed by atoms with van der Waals surface area (Å²) in [5.74, 6) is 0. The Labute approximate surface area is 118 Å². The Morgan fingerprint density at radius 3 is 0.667 bits per heavy atom. The molecule has 0 saturated heterocycles. The molecule has 112 valence electrons. The highest BCUT2D eigenvalue weighted by Crippen LogP contribution is 2.15. The van der Waals surface area contributed by atoms with E-state index in [1.165, 1.54) is 89.9 Å². The average Bonchev–Trinajstić information content (AvgIpc) is 2.46. The molecule has 0 aromatic carbocycles. The van der Waals surface area contributed by atoms with Gasteiger partial charge in [0.15, 0.2) is 0 Å². The van der Waals surface area contributed by atoms with Crippen molar-refractivity contribution in [2.24, 2.45) is 0 Å². The van der Waals surface area contributed by atoms with Crippen LogP contribution in [0.3, 0.4) is 0 Å². The second-order valence-electron chi connectivity index (χ2n) is 5.54. The van der Waals surface area contributed by atoms with Gasteiger partial charge < -0.3 is 0 Å². The summed E-state index contributed by atoms with van der Waals surface area (Å²) < 4.78 is 0. The Morgan fingerprint density at radius 2 is 0.556 bits per heavy atom. The fourth-order valence-electron chi connectivity index (χ4n) is 2.06. The highest BCUT2D eigenvalue weighted by molar-refractivity contribution is 4.51. The van der Waals surface area contributed by atoms with Gasteiger partial charge in [0.25, 0.3) is 0 Å². The molecule has 0 bridgehead atoms. The largest absolute Gasteiger partial charge is 0.0654 e. The van der Waals surface area contributed by atoms with Crippen LogP contribution in [0.4, 0.5) is 0 Å². The molecule has 0 unspecified atom stereocenters. The van der Waals surface area contributed by atoms with Gasteiger partial charge in [-0.05, 0) is 0 Å². The molecule has 1 aliphatic rings. The van der Waals surface area contributed by atoms with Gasteiger partial charge in [-0.15, -0.1) is 0 Å². The molecule has 1 fully saturated rings. The van der Waals surface area contributed by atoms with Crippen LogP contribution in [0.15, 0.2) is 0 Å². The molecular weight excluding hydrogens is 216 g/mol. The lowest BCUT2D eigenvalue weighted by Crippen LogP contribution is -1.85. The van der Waals surface area contributed by atoms with Crippen LogP contribution in [-0.4, -0.2) is 0 Å². The van der Waals surface area contributed by atoms with Crippen molar-refractivity contribution in [2.75, 3.05) is 0 Å². The molecule has 0 N–H and O–H groups in total. The first-order valence-electron chi connectivity index (χ1n) is 8.83. The zero-order valence-corrected chi connectivity index (χ0v) is 13.9. The van der Waals surface area contributed by atoms with Gasteiger partial charge in [0.2, 0.25) is 0 Å². The van der Waals surface area contributed by atoms with E-state index < -0.39 is 0 Å². The van der Waals surface area contributed by atoms with E-state index in [2.05, 4.69) is 27.7 Å². The molecule has 0 aromatic heterocycles. The minimum absolute atomic E-state index is 1.36. The molecule has 1 rings (SSSR count). The number of rotatable bonds is 6. The third-order valence-electron chi connectivity index (χ3n) is 3.41. The van der Waals surface area contributed by atoms with Crippen molar-refractivity contribution in [3.8, 4) is 0 Å². The van der Waals surface area contributed by atoms with Crippen LogP contribution in [0.2, 0.25) is 0 Å². The maximum Gasteiger partial charge on any atom is -0.0533 e. The number of hydrogen-bond donors (Lipinski definition) is 0. The molecule has 1 aliphatic carbocycles. The minimum Gasteiger partial charge on any atom is -0.0654 e. The maximum atomic E-state index is 2.23. The van der Waals surface area contributed by atoms with Crippen LogP contribution in [-0.2, 0) is 0 Å². The molecule has 0 aliphatic heterocycles. The quantitative estimate of drug-likeness (QED) is 0.431. The van der Waals surface area contributed by atoms with Crippen molar-refractivity contribution in [3.63, 3.8) is 0 Å². The van der Waals surface area contributed by atoms with Gasteiger partial charge in [-0.2, -0.15) is 0 Å². The molecule has 0 aromatic rings. The first-order valence-corrected chi connectivity index (χ1v) is 8.83. The van der Waals surface area contributed by atoms with E-state index in [-0.39, 0.29) is 0 Å². The Morgan fingerprint density at radius 1 is 0.389 bits per heavy atom. The SMILES string of the molecule is C1CCCCC1.CCCCCC.CCCCCC. The first-order chi connectivity index (χ1) is 8.83. The monoisotopic (exact) mass is 256 g/mol. The van der Waals surface area contributed by atoms with Crippen molar-refractivity contribution in [2.45, 2.75) is 118 Å². The normalized spacial score (nSPS) is 14.0. The minimum atomic E-state index is 1.36. The molecule has 0 heterocycles. The van der Waals surface area contributed by atoms with Gasteiger partial charge in [-0.25, -0.2) is 0 Å². The van der Waals surface area contributed by atoms with Crippen molar-refractivity contribution >= 4 is 0 Å². The van der Waals surface area contributed by atoms with Crippen LogP contribution < -0.4 is 0 Å². The Kier molecular flexibility index (Phi) is 25.1. The molecule has 0 amide bonds. The second-order valence-corrected chi connectivity index (χ2v) is 5.54. The third kappa shape index (κ3) is 25.0. The molecule has 1 saturated carbocycles. The summed E-state index contributed by atoms with van der Waals surface area (Å²) in [6.45, 7) is 8.93. The average molecular weight is 257 g/mol. The van der Waals surface area contributed by atoms with Gasteiger partial charge in [0.1, 0.15) is 0 Å². The van der Waals surface area contributed by atoms with Gasteiger partial charge in [0, 0.05) is 0 Å². The Balaban J connectivity index is 0. The summed E-state index contributed by atoms with van der Waals surface area (Å²) in [5, 5.41) is 0. The van der Waals surface area contributed by atoms with E-state index in [4.69, 9.17) is 0 Å². The fourth-order valence-corrected chi connectivity index (χ4v) is 2.06. The number of unbranched alkanes of at least 4 members (excludes halogenated alkanes) is 6. The Hall–Kier alpha value is 0. The smallest absolute Gasteiger partial charge is 0.0533 e. The third-order valence-corrected chi connectivity index (χ3v) is 3.41. The van der Waals surface area contributed by atoms with Crippen molar-refractivity contribution in [1.29, 1.82) is 0 Å². The van der Waals surface area contributed by atoms with E-state index in [1.807, 2.05) is 0 Å².